The Morgan fingerprint density at radius 1 is 1.12 bits per heavy atom. The highest BCUT2D eigenvalue weighted by atomic mass is 16.5. The van der Waals surface area contributed by atoms with Crippen molar-refractivity contribution in [2.24, 2.45) is 0 Å². The zero-order valence-corrected chi connectivity index (χ0v) is 14.5. The molecule has 0 aromatic heterocycles. The second-order valence-corrected chi connectivity index (χ2v) is 6.31. The van der Waals surface area contributed by atoms with Gasteiger partial charge in [-0.25, -0.2) is 0 Å². The van der Waals surface area contributed by atoms with Crippen LogP contribution in [0.2, 0.25) is 0 Å². The Morgan fingerprint density at radius 2 is 1.83 bits per heavy atom. The molecule has 24 heavy (non-hydrogen) atoms. The van der Waals surface area contributed by atoms with Crippen LogP contribution in [0.15, 0.2) is 42.0 Å². The van der Waals surface area contributed by atoms with Gasteiger partial charge in [0.1, 0.15) is 12.4 Å². The van der Waals surface area contributed by atoms with Crippen LogP contribution in [-0.4, -0.2) is 12.5 Å². The fraction of sp³-hybridized carbons (Fsp3) is 0.286. The van der Waals surface area contributed by atoms with Crippen molar-refractivity contribution in [3.8, 4) is 5.75 Å². The van der Waals surface area contributed by atoms with Crippen molar-refractivity contribution in [1.82, 2.24) is 5.32 Å². The van der Waals surface area contributed by atoms with Crippen LogP contribution in [0, 0.1) is 13.8 Å². The molecule has 3 nitrogen and oxygen atoms in total. The Kier molecular flexibility index (Phi) is 4.70. The van der Waals surface area contributed by atoms with Gasteiger partial charge in [-0.2, -0.15) is 0 Å². The van der Waals surface area contributed by atoms with Gasteiger partial charge in [0.2, 0.25) is 0 Å². The van der Waals surface area contributed by atoms with Gasteiger partial charge in [-0.1, -0.05) is 42.8 Å². The van der Waals surface area contributed by atoms with E-state index in [-0.39, 0.29) is 5.91 Å². The molecule has 1 heterocycles. The number of rotatable bonds is 4. The average Bonchev–Trinajstić information content (AvgIpc) is 2.59. The van der Waals surface area contributed by atoms with Crippen LogP contribution in [0.1, 0.15) is 34.7 Å². The molecule has 0 fully saturated rings. The van der Waals surface area contributed by atoms with E-state index in [1.54, 1.807) is 0 Å². The molecule has 2 aromatic rings. The van der Waals surface area contributed by atoms with E-state index < -0.39 is 0 Å². The molecule has 1 amide bonds. The molecular formula is C21H23NO2. The number of carbonyl (C=O) groups excluding carboxylic acids is 1. The van der Waals surface area contributed by atoms with Crippen molar-refractivity contribution >= 4 is 12.0 Å². The van der Waals surface area contributed by atoms with E-state index in [0.717, 1.165) is 28.9 Å². The first-order chi connectivity index (χ1) is 11.6. The lowest BCUT2D eigenvalue weighted by molar-refractivity contribution is -0.117. The highest BCUT2D eigenvalue weighted by Crippen LogP contribution is 2.31. The average molecular weight is 321 g/mol. The Balaban J connectivity index is 1.69. The second-order valence-electron chi connectivity index (χ2n) is 6.31. The highest BCUT2D eigenvalue weighted by Gasteiger charge is 2.18. The van der Waals surface area contributed by atoms with Gasteiger partial charge in [-0.3, -0.25) is 4.79 Å². The summed E-state index contributed by atoms with van der Waals surface area (Å²) in [7, 11) is 0. The molecule has 0 saturated heterocycles. The van der Waals surface area contributed by atoms with Gasteiger partial charge in [-0.15, -0.1) is 0 Å². The molecule has 1 aliphatic rings. The number of benzene rings is 2. The Labute approximate surface area is 143 Å². The lowest BCUT2D eigenvalue weighted by Gasteiger charge is -2.20. The van der Waals surface area contributed by atoms with Crippen LogP contribution in [0.4, 0.5) is 0 Å². The first-order valence-electron chi connectivity index (χ1n) is 8.37. The van der Waals surface area contributed by atoms with E-state index in [4.69, 9.17) is 4.74 Å². The van der Waals surface area contributed by atoms with E-state index in [2.05, 4.69) is 55.6 Å². The number of hydrogen-bond donors (Lipinski definition) is 1. The van der Waals surface area contributed by atoms with Crippen LogP contribution >= 0.6 is 0 Å². The minimum atomic E-state index is -0.0700. The van der Waals surface area contributed by atoms with E-state index >= 15 is 0 Å². The SMILES string of the molecule is CCc1ccc(CNC(=O)C2=Cc3cc(C)cc(C)c3OC2)cc1. The molecule has 0 atom stereocenters. The summed E-state index contributed by atoms with van der Waals surface area (Å²) in [5, 5.41) is 2.98. The summed E-state index contributed by atoms with van der Waals surface area (Å²) in [5.41, 5.74) is 6.33. The van der Waals surface area contributed by atoms with Gasteiger partial charge in [0, 0.05) is 12.1 Å². The molecule has 1 N–H and O–H groups in total. The third kappa shape index (κ3) is 3.51. The summed E-state index contributed by atoms with van der Waals surface area (Å²) in [6.45, 7) is 7.06. The molecule has 2 aromatic carbocycles. The van der Waals surface area contributed by atoms with Crippen LogP contribution in [-0.2, 0) is 17.8 Å². The molecule has 0 spiro atoms. The molecule has 0 saturated carbocycles. The summed E-state index contributed by atoms with van der Waals surface area (Å²) >= 11 is 0. The largest absolute Gasteiger partial charge is 0.488 e. The number of nitrogens with one attached hydrogen (secondary N) is 1. The Morgan fingerprint density at radius 3 is 2.54 bits per heavy atom. The maximum atomic E-state index is 12.4. The van der Waals surface area contributed by atoms with Crippen LogP contribution < -0.4 is 10.1 Å². The molecule has 0 unspecified atom stereocenters. The lowest BCUT2D eigenvalue weighted by atomic mass is 10.0. The summed E-state index contributed by atoms with van der Waals surface area (Å²) < 4.78 is 5.80. The highest BCUT2D eigenvalue weighted by molar-refractivity contribution is 5.99. The van der Waals surface area contributed by atoms with E-state index in [1.807, 2.05) is 13.0 Å². The quantitative estimate of drug-likeness (QED) is 0.926. The van der Waals surface area contributed by atoms with Gasteiger partial charge in [0.05, 0.1) is 5.57 Å². The molecule has 3 rings (SSSR count). The molecule has 124 valence electrons. The van der Waals surface area contributed by atoms with E-state index in [0.29, 0.717) is 18.7 Å². The number of aryl methyl sites for hydroxylation is 3. The van der Waals surface area contributed by atoms with Crippen molar-refractivity contribution in [2.45, 2.75) is 33.7 Å². The number of fused-ring (bicyclic) bond motifs is 1. The summed E-state index contributed by atoms with van der Waals surface area (Å²) in [4.78, 5) is 12.4. The van der Waals surface area contributed by atoms with Gasteiger partial charge in [0.15, 0.2) is 0 Å². The number of hydrogen-bond acceptors (Lipinski definition) is 2. The van der Waals surface area contributed by atoms with Crippen molar-refractivity contribution < 1.29 is 9.53 Å². The second kappa shape index (κ2) is 6.91. The minimum absolute atomic E-state index is 0.0700. The maximum Gasteiger partial charge on any atom is 0.250 e. The smallest absolute Gasteiger partial charge is 0.250 e. The summed E-state index contributed by atoms with van der Waals surface area (Å²) in [6, 6.07) is 12.5. The molecular weight excluding hydrogens is 298 g/mol. The predicted molar refractivity (Wildman–Crippen MR) is 97.1 cm³/mol. The molecule has 0 radical (unpaired) electrons. The van der Waals surface area contributed by atoms with Crippen molar-refractivity contribution in [3.05, 3.63) is 69.8 Å². The number of ether oxygens (including phenoxy) is 1. The van der Waals surface area contributed by atoms with Crippen molar-refractivity contribution in [1.29, 1.82) is 0 Å². The molecule has 0 bridgehead atoms. The first-order valence-corrected chi connectivity index (χ1v) is 8.37. The topological polar surface area (TPSA) is 38.3 Å². The monoisotopic (exact) mass is 321 g/mol. The summed E-state index contributed by atoms with van der Waals surface area (Å²) in [6.07, 6.45) is 2.96. The third-order valence-corrected chi connectivity index (χ3v) is 4.33. The van der Waals surface area contributed by atoms with Gasteiger partial charge in [-0.05, 0) is 49.1 Å². The van der Waals surface area contributed by atoms with Crippen LogP contribution in [0.5, 0.6) is 5.75 Å². The third-order valence-electron chi connectivity index (χ3n) is 4.33. The van der Waals surface area contributed by atoms with Crippen molar-refractivity contribution in [3.63, 3.8) is 0 Å². The molecule has 0 aliphatic carbocycles. The van der Waals surface area contributed by atoms with Crippen LogP contribution in [0.3, 0.4) is 0 Å². The van der Waals surface area contributed by atoms with Gasteiger partial charge >= 0.3 is 0 Å². The molecule has 1 aliphatic heterocycles. The van der Waals surface area contributed by atoms with Gasteiger partial charge in [0.25, 0.3) is 5.91 Å². The standard InChI is InChI=1S/C21H23NO2/c1-4-16-5-7-17(8-6-16)12-22-21(23)19-11-18-10-14(2)9-15(3)20(18)24-13-19/h5-11H,4,12-13H2,1-3H3,(H,22,23). The molecule has 3 heteroatoms. The van der Waals surface area contributed by atoms with Gasteiger partial charge < -0.3 is 10.1 Å². The van der Waals surface area contributed by atoms with E-state index in [1.165, 1.54) is 11.1 Å². The Bertz CT molecular complexity index is 788. The number of amides is 1. The van der Waals surface area contributed by atoms with Crippen LogP contribution in [0.25, 0.3) is 6.08 Å². The number of carbonyl (C=O) groups is 1. The predicted octanol–water partition coefficient (Wildman–Crippen LogP) is 3.96. The van der Waals surface area contributed by atoms with E-state index in [9.17, 15) is 4.79 Å². The minimum Gasteiger partial charge on any atom is -0.488 e. The maximum absolute atomic E-state index is 12.4. The van der Waals surface area contributed by atoms with Crippen molar-refractivity contribution in [2.75, 3.05) is 6.61 Å². The normalized spacial score (nSPS) is 12.9. The Hall–Kier alpha value is -2.55. The zero-order chi connectivity index (χ0) is 17.1. The first kappa shape index (κ1) is 16.3. The fourth-order valence-corrected chi connectivity index (χ4v) is 2.99. The fourth-order valence-electron chi connectivity index (χ4n) is 2.99. The zero-order valence-electron chi connectivity index (χ0n) is 14.5. The lowest BCUT2D eigenvalue weighted by Crippen LogP contribution is -2.28. The summed E-state index contributed by atoms with van der Waals surface area (Å²) in [5.74, 6) is 0.812.